The van der Waals surface area contributed by atoms with E-state index >= 15 is 0 Å². The fourth-order valence-electron chi connectivity index (χ4n) is 18.9. The second-order valence-corrected chi connectivity index (χ2v) is 42.9. The average Bonchev–Trinajstić information content (AvgIpc) is 1.54. The van der Waals surface area contributed by atoms with E-state index in [2.05, 4.69) is 451 Å². The van der Waals surface area contributed by atoms with E-state index in [0.29, 0.717) is 41.4 Å². The topological polar surface area (TPSA) is 150 Å². The lowest BCUT2D eigenvalue weighted by Crippen LogP contribution is -2.31. The zero-order chi connectivity index (χ0) is 98.9. The lowest BCUT2D eigenvalue weighted by molar-refractivity contribution is -0.660. The van der Waals surface area contributed by atoms with E-state index in [-0.39, 0.29) is 10.8 Å². The van der Waals surface area contributed by atoms with E-state index in [1.165, 1.54) is 84.1 Å². The fraction of sp³-hybridized carbons (Fsp3) is 0.350. The molecule has 708 valence electrons. The first-order chi connectivity index (χ1) is 65.5. The molecule has 5 aromatic carbocycles. The third kappa shape index (κ3) is 19.8. The van der Waals surface area contributed by atoms with Crippen molar-refractivity contribution in [2.45, 2.75) is 240 Å². The minimum atomic E-state index is -0.00997. The first-order valence-corrected chi connectivity index (χ1v) is 49.6. The van der Waals surface area contributed by atoms with Crippen molar-refractivity contribution in [3.05, 3.63) is 297 Å². The summed E-state index contributed by atoms with van der Waals surface area (Å²) in [6.07, 6.45) is 13.5. The lowest BCUT2D eigenvalue weighted by atomic mass is 9.90. The highest BCUT2D eigenvalue weighted by molar-refractivity contribution is 6.13. The van der Waals surface area contributed by atoms with Crippen molar-refractivity contribution < 1.29 is 44.9 Å². The van der Waals surface area contributed by atoms with Gasteiger partial charge in [-0.1, -0.05) is 206 Å². The van der Waals surface area contributed by atoms with Gasteiger partial charge in [0.25, 0.3) is 0 Å². The molecule has 0 unspecified atom stereocenters. The van der Waals surface area contributed by atoms with Gasteiger partial charge in [0.2, 0.25) is 57.0 Å². The summed E-state index contributed by atoms with van der Waals surface area (Å²) in [6.45, 7) is 57.1. The molecule has 15 heteroatoms. The van der Waals surface area contributed by atoms with E-state index in [4.69, 9.17) is 47.0 Å². The Balaban J connectivity index is 0.000000125. The van der Waals surface area contributed by atoms with Gasteiger partial charge in [-0.15, -0.1) is 0 Å². The maximum atomic E-state index is 6.40. The Morgan fingerprint density at radius 2 is 0.514 bits per heavy atom. The molecule has 15 aromatic heterocycles. The van der Waals surface area contributed by atoms with Crippen molar-refractivity contribution in [2.75, 3.05) is 0 Å². The van der Waals surface area contributed by atoms with Crippen LogP contribution in [-0.4, -0.2) is 24.9 Å². The van der Waals surface area contributed by atoms with Gasteiger partial charge in [-0.25, -0.2) is 47.8 Å². The molecule has 0 spiro atoms. The summed E-state index contributed by atoms with van der Waals surface area (Å²) in [5, 5.41) is 11.1. The Bertz CT molecular complexity index is 8020. The molecule has 0 aliphatic carbocycles. The van der Waals surface area contributed by atoms with Crippen molar-refractivity contribution >= 4 is 110 Å². The van der Waals surface area contributed by atoms with E-state index in [9.17, 15) is 0 Å². The zero-order valence-electron chi connectivity index (χ0n) is 87.4. The van der Waals surface area contributed by atoms with Crippen molar-refractivity contribution in [1.29, 1.82) is 0 Å². The Labute approximate surface area is 815 Å². The number of pyridine rings is 10. The maximum Gasteiger partial charge on any atom is 0.227 e. The molecule has 0 aliphatic heterocycles. The first kappa shape index (κ1) is 97.7. The average molecular weight is 1840 g/mol. The lowest BCUT2D eigenvalue weighted by Gasteiger charge is -2.16. The third-order valence-electron chi connectivity index (χ3n) is 27.3. The smallest absolute Gasteiger partial charge is 0.227 e. The molecule has 0 saturated carbocycles. The largest absolute Gasteiger partial charge is 0.437 e. The highest BCUT2D eigenvalue weighted by Crippen LogP contribution is 2.45. The second kappa shape index (κ2) is 39.2. The van der Waals surface area contributed by atoms with Crippen LogP contribution in [0.15, 0.2) is 235 Å². The van der Waals surface area contributed by atoms with Gasteiger partial charge in [0.05, 0.1) is 27.8 Å². The Morgan fingerprint density at radius 1 is 0.268 bits per heavy atom. The van der Waals surface area contributed by atoms with E-state index in [0.717, 1.165) is 186 Å². The van der Waals surface area contributed by atoms with Gasteiger partial charge in [0.15, 0.2) is 58.9 Å². The van der Waals surface area contributed by atoms with Crippen LogP contribution in [0.5, 0.6) is 0 Å². The minimum Gasteiger partial charge on any atom is -0.437 e. The third-order valence-corrected chi connectivity index (χ3v) is 27.3. The first-order valence-electron chi connectivity index (χ1n) is 49.6. The second-order valence-electron chi connectivity index (χ2n) is 42.9. The predicted octanol–water partition coefficient (Wildman–Crippen LogP) is 30.3. The normalized spacial score (nSPS) is 12.1. The quantitative estimate of drug-likeness (QED) is 0.0908. The molecule has 0 bridgehead atoms. The number of furan rings is 5. The van der Waals surface area contributed by atoms with Gasteiger partial charge in [-0.05, 0) is 217 Å². The highest BCUT2D eigenvalue weighted by atomic mass is 16.4. The Kier molecular flexibility index (Phi) is 27.8. The monoisotopic (exact) mass is 1840 g/mol. The summed E-state index contributed by atoms with van der Waals surface area (Å²) in [5.74, 6) is 3.36. The summed E-state index contributed by atoms with van der Waals surface area (Å²) < 4.78 is 42.7. The van der Waals surface area contributed by atoms with Crippen LogP contribution in [0.1, 0.15) is 265 Å². The van der Waals surface area contributed by atoms with Crippen LogP contribution in [-0.2, 0) is 59.9 Å². The molecular weight excluding hydrogens is 1700 g/mol. The molecule has 0 N–H and O–H groups in total. The summed E-state index contributed by atoms with van der Waals surface area (Å²) in [6, 6.07) is 65.5. The number of hydrogen-bond donors (Lipinski definition) is 0. The van der Waals surface area contributed by atoms with Crippen LogP contribution in [0.2, 0.25) is 0 Å². The molecule has 20 aromatic rings. The van der Waals surface area contributed by atoms with Crippen molar-refractivity contribution in [3.8, 4) is 56.3 Å². The molecule has 0 aliphatic rings. The van der Waals surface area contributed by atoms with Gasteiger partial charge >= 0.3 is 0 Å². The minimum absolute atomic E-state index is 0.00997. The molecule has 0 amide bonds. The SMILES string of the molecule is CCc1ccc2c(n1)oc1c(-c3cc(C(C)C)cc[n+]3C)c(C)ccc12.Cc1ccc2c(oc3nc(C(C)(C)C)ccc32)c1-c1cc(C(C)C)cc[n+]1C.Cc1ccc2c(oc3nc(C(C)C)ccc32)c1-c1cc(C(C)C)cc[n+]1C.Cc1ccc2c(oc3nc(CC(C)(C)C)ccc32)c1-c1cc(C(C)C)cc[n+]1C.Cc1ccc2c(oc3nc(CC(C)C)ccc32)c1-c1cc(C(C)C)cc[n+]1C. The molecule has 0 fully saturated rings. The van der Waals surface area contributed by atoms with Gasteiger partial charge in [-0.2, -0.15) is 0 Å². The molecule has 15 nitrogen and oxygen atoms in total. The molecule has 138 heavy (non-hydrogen) atoms. The molecular formula is C123H141N10O5+5. The van der Waals surface area contributed by atoms with Crippen molar-refractivity contribution in [1.82, 2.24) is 24.9 Å². The summed E-state index contributed by atoms with van der Waals surface area (Å²) in [4.78, 5) is 24.0. The zero-order valence-corrected chi connectivity index (χ0v) is 87.4. The number of nitrogens with zero attached hydrogens (tertiary/aromatic N) is 10. The van der Waals surface area contributed by atoms with Gasteiger partial charge in [-0.3, -0.25) is 0 Å². The standard InChI is InChI=1S/C26H31N2O.2C25H29N2O.C24H27N2O.C23H25N2O/c1-16(2)18-12-13-28(7)22(14-18)23-17(3)8-10-20-21-11-9-19(15-26(4,5)6)27-25(21)29-24(20)23;1-15(2)17-12-13-27(7)20(14-17)22-16(3)8-9-18-19-10-11-21(25(4,5)6)26-24(19)28-23(18)22;1-15(2)13-19-8-10-21-20-9-7-17(5)23(24(20)28-25(21)26-19)22-14-18(16(3)4)11-12-27(22)6;1-14(2)17-11-12-26(6)21(13-17)22-16(5)7-8-18-19-9-10-20(15(3)4)25-24(19)27-23(18)22;1-6-17-8-10-19-18-9-7-15(4)21(22(18)26-23(19)24-17)20-13-16(14(2)3)11-12-25(20)5/h8-14,16H,15H2,1-7H3;8-15H,1-7H3;7-12,14-16H,13H2,1-6H3;7-15H,1-6H3;7-14H,6H2,1-5H3/q5*+1. The summed E-state index contributed by atoms with van der Waals surface area (Å²) in [5.41, 5.74) is 38.1. The van der Waals surface area contributed by atoms with Crippen molar-refractivity contribution in [3.63, 3.8) is 0 Å². The number of hydrogen-bond acceptors (Lipinski definition) is 10. The molecule has 0 radical (unpaired) electrons. The molecule has 15 heterocycles. The molecule has 20 rings (SSSR count). The van der Waals surface area contributed by atoms with Gasteiger partial charge < -0.3 is 22.1 Å². The van der Waals surface area contributed by atoms with E-state index in [1.54, 1.807) is 0 Å². The van der Waals surface area contributed by atoms with Gasteiger partial charge in [0.1, 0.15) is 35.2 Å². The van der Waals surface area contributed by atoms with Crippen LogP contribution >= 0.6 is 0 Å². The predicted molar refractivity (Wildman–Crippen MR) is 569 cm³/mol. The van der Waals surface area contributed by atoms with Crippen LogP contribution in [0, 0.1) is 46.0 Å². The van der Waals surface area contributed by atoms with E-state index < -0.39 is 0 Å². The molecule has 0 atom stereocenters. The fourth-order valence-corrected chi connectivity index (χ4v) is 18.9. The highest BCUT2D eigenvalue weighted by Gasteiger charge is 2.31. The van der Waals surface area contributed by atoms with Gasteiger partial charge in [0, 0.05) is 148 Å². The number of aryl methyl sites for hydroxylation is 11. The number of benzene rings is 5. The van der Waals surface area contributed by atoms with Crippen molar-refractivity contribution in [2.24, 2.45) is 46.6 Å². The number of aromatic nitrogens is 10. The maximum absolute atomic E-state index is 6.40. The Morgan fingerprint density at radius 3 is 0.783 bits per heavy atom. The number of rotatable bonds is 15. The Hall–Kier alpha value is -13.4. The van der Waals surface area contributed by atoms with Crippen LogP contribution in [0.25, 0.3) is 167 Å². The van der Waals surface area contributed by atoms with Crippen LogP contribution in [0.4, 0.5) is 0 Å². The number of fused-ring (bicyclic) bond motifs is 15. The molecule has 0 saturated heterocycles. The summed E-state index contributed by atoms with van der Waals surface area (Å²) in [7, 11) is 10.5. The van der Waals surface area contributed by atoms with E-state index in [1.807, 2.05) is 0 Å². The van der Waals surface area contributed by atoms with Crippen LogP contribution in [0.3, 0.4) is 0 Å². The summed E-state index contributed by atoms with van der Waals surface area (Å²) >= 11 is 0. The van der Waals surface area contributed by atoms with Crippen LogP contribution < -0.4 is 22.8 Å².